The second-order valence-corrected chi connectivity index (χ2v) is 14.3. The van der Waals surface area contributed by atoms with Crippen molar-refractivity contribution in [3.05, 3.63) is 24.3 Å². The van der Waals surface area contributed by atoms with Crippen molar-refractivity contribution in [1.82, 2.24) is 5.32 Å². The number of hydrogen-bond donors (Lipinski definition) is 9. The SMILES string of the molecule is CCCC/C=C/CC/C=C/C(O)C(COP(=O)(O)OC1C(O)C(O)C(O)C(O)C1O)NC(=O)CC(O)CCCCCCCCCCCC. The van der Waals surface area contributed by atoms with Gasteiger partial charge in [-0.1, -0.05) is 115 Å². The number of phosphoric ester groups is 1. The van der Waals surface area contributed by atoms with Crippen LogP contribution in [-0.2, 0) is 18.4 Å². The molecule has 1 fully saturated rings. The minimum absolute atomic E-state index is 0.251. The molecule has 9 N–H and O–H groups in total. The number of nitrogens with one attached hydrogen (secondary N) is 1. The highest BCUT2D eigenvalue weighted by Gasteiger charge is 2.51. The number of phosphoric acid groups is 1. The molecule has 0 aromatic rings. The number of hydrogen-bond acceptors (Lipinski definition) is 11. The van der Waals surface area contributed by atoms with E-state index in [2.05, 4.69) is 25.2 Å². The highest BCUT2D eigenvalue weighted by molar-refractivity contribution is 7.47. The first-order valence-corrected chi connectivity index (χ1v) is 19.4. The number of aliphatic hydroxyl groups excluding tert-OH is 7. The summed E-state index contributed by atoms with van der Waals surface area (Å²) in [5.41, 5.74) is 0. The molecule has 8 unspecified atom stereocenters. The summed E-state index contributed by atoms with van der Waals surface area (Å²) in [6.45, 7) is 3.56. The Hall–Kier alpha value is -1.22. The molecule has 1 amide bonds. The Kier molecular flexibility index (Phi) is 24.0. The average molecular weight is 710 g/mol. The maximum atomic E-state index is 12.8. The van der Waals surface area contributed by atoms with Gasteiger partial charge in [0, 0.05) is 0 Å². The minimum atomic E-state index is -5.13. The lowest BCUT2D eigenvalue weighted by Crippen LogP contribution is -2.64. The summed E-state index contributed by atoms with van der Waals surface area (Å²) in [6.07, 6.45) is 9.07. The van der Waals surface area contributed by atoms with Crippen LogP contribution >= 0.6 is 7.82 Å². The third kappa shape index (κ3) is 18.7. The van der Waals surface area contributed by atoms with Gasteiger partial charge in [-0.2, -0.15) is 0 Å². The van der Waals surface area contributed by atoms with Gasteiger partial charge in [0.2, 0.25) is 5.91 Å². The van der Waals surface area contributed by atoms with Gasteiger partial charge in [0.1, 0.15) is 36.6 Å². The molecule has 1 aliphatic rings. The maximum Gasteiger partial charge on any atom is 0.472 e. The Bertz CT molecular complexity index is 937. The number of rotatable bonds is 27. The van der Waals surface area contributed by atoms with Crippen LogP contribution in [0.2, 0.25) is 0 Å². The van der Waals surface area contributed by atoms with Gasteiger partial charge in [-0.15, -0.1) is 0 Å². The molecule has 0 aromatic carbocycles. The molecule has 0 aliphatic heterocycles. The van der Waals surface area contributed by atoms with Crippen LogP contribution in [0.1, 0.15) is 123 Å². The molecule has 8 atom stereocenters. The molecule has 1 rings (SSSR count). The monoisotopic (exact) mass is 709 g/mol. The zero-order valence-electron chi connectivity index (χ0n) is 28.9. The van der Waals surface area contributed by atoms with Gasteiger partial charge in [0.05, 0.1) is 31.3 Å². The fourth-order valence-corrected chi connectivity index (χ4v) is 6.44. The van der Waals surface area contributed by atoms with Crippen LogP contribution in [0, 0.1) is 0 Å². The molecule has 0 bridgehead atoms. The molecule has 14 heteroatoms. The molecule has 1 saturated carbocycles. The quantitative estimate of drug-likeness (QED) is 0.0340. The van der Waals surface area contributed by atoms with Gasteiger partial charge in [-0.3, -0.25) is 13.8 Å². The number of carbonyl (C=O) groups is 1. The van der Waals surface area contributed by atoms with Crippen molar-refractivity contribution in [2.24, 2.45) is 0 Å². The summed E-state index contributed by atoms with van der Waals surface area (Å²) < 4.78 is 22.6. The van der Waals surface area contributed by atoms with Gasteiger partial charge in [-0.25, -0.2) is 4.57 Å². The van der Waals surface area contributed by atoms with Crippen molar-refractivity contribution < 1.29 is 59.0 Å². The predicted molar refractivity (Wildman–Crippen MR) is 183 cm³/mol. The average Bonchev–Trinajstić information content (AvgIpc) is 3.05. The molecule has 1 aliphatic carbocycles. The molecule has 0 radical (unpaired) electrons. The van der Waals surface area contributed by atoms with Crippen molar-refractivity contribution in [1.29, 1.82) is 0 Å². The first-order valence-electron chi connectivity index (χ1n) is 17.9. The minimum Gasteiger partial charge on any atom is -0.393 e. The van der Waals surface area contributed by atoms with Crippen molar-refractivity contribution in [2.45, 2.75) is 178 Å². The second kappa shape index (κ2) is 25.7. The summed E-state index contributed by atoms with van der Waals surface area (Å²) in [7, 11) is -5.13. The molecule has 0 heterocycles. The van der Waals surface area contributed by atoms with Crippen LogP contribution < -0.4 is 5.32 Å². The lowest BCUT2D eigenvalue weighted by atomic mass is 9.85. The van der Waals surface area contributed by atoms with Crippen LogP contribution in [0.5, 0.6) is 0 Å². The van der Waals surface area contributed by atoms with E-state index in [9.17, 15) is 50.0 Å². The fraction of sp³-hybridized carbons (Fsp3) is 0.853. The Morgan fingerprint density at radius 1 is 0.729 bits per heavy atom. The summed E-state index contributed by atoms with van der Waals surface area (Å²) in [4.78, 5) is 23.1. The lowest BCUT2D eigenvalue weighted by Gasteiger charge is -2.41. The van der Waals surface area contributed by atoms with Crippen molar-refractivity contribution in [3.8, 4) is 0 Å². The van der Waals surface area contributed by atoms with E-state index in [1.807, 2.05) is 6.08 Å². The fourth-order valence-electron chi connectivity index (χ4n) is 5.47. The van der Waals surface area contributed by atoms with Crippen LogP contribution in [0.15, 0.2) is 24.3 Å². The zero-order valence-corrected chi connectivity index (χ0v) is 29.8. The second-order valence-electron chi connectivity index (χ2n) is 12.9. The van der Waals surface area contributed by atoms with E-state index in [1.165, 1.54) is 44.6 Å². The number of aliphatic hydroxyl groups is 7. The molecular weight excluding hydrogens is 645 g/mol. The number of allylic oxidation sites excluding steroid dienone is 3. The van der Waals surface area contributed by atoms with Gasteiger partial charge >= 0.3 is 7.82 Å². The van der Waals surface area contributed by atoms with E-state index < -0.39 is 75.2 Å². The zero-order chi connectivity index (χ0) is 36.0. The first kappa shape index (κ1) is 44.8. The van der Waals surface area contributed by atoms with Crippen molar-refractivity contribution in [3.63, 3.8) is 0 Å². The summed E-state index contributed by atoms with van der Waals surface area (Å²) in [6, 6.07) is -1.25. The third-order valence-corrected chi connectivity index (χ3v) is 9.53. The normalized spacial score (nSPS) is 26.5. The van der Waals surface area contributed by atoms with Gasteiger partial charge in [-0.05, 0) is 25.7 Å². The van der Waals surface area contributed by atoms with Crippen LogP contribution in [-0.4, -0.2) is 108 Å². The van der Waals surface area contributed by atoms with Crippen molar-refractivity contribution >= 4 is 13.7 Å². The molecule has 282 valence electrons. The van der Waals surface area contributed by atoms with E-state index >= 15 is 0 Å². The number of unbranched alkanes of at least 4 members (excludes halogenated alkanes) is 12. The maximum absolute atomic E-state index is 12.8. The number of amides is 1. The smallest absolute Gasteiger partial charge is 0.393 e. The van der Waals surface area contributed by atoms with E-state index in [0.717, 1.165) is 51.4 Å². The topological polar surface area (TPSA) is 226 Å². The molecule has 0 spiro atoms. The van der Waals surface area contributed by atoms with E-state index in [0.29, 0.717) is 12.8 Å². The third-order valence-electron chi connectivity index (χ3n) is 8.54. The first-order chi connectivity index (χ1) is 22.8. The van der Waals surface area contributed by atoms with Crippen molar-refractivity contribution in [2.75, 3.05) is 6.61 Å². The molecule has 0 saturated heterocycles. The van der Waals surface area contributed by atoms with E-state index in [-0.39, 0.29) is 6.42 Å². The Labute approximate surface area is 286 Å². The Morgan fingerprint density at radius 2 is 1.23 bits per heavy atom. The predicted octanol–water partition coefficient (Wildman–Crippen LogP) is 3.30. The van der Waals surface area contributed by atoms with E-state index in [4.69, 9.17) is 9.05 Å². The lowest BCUT2D eigenvalue weighted by molar-refractivity contribution is -0.220. The standard InChI is InChI=1S/C34H64NO12P/c1-3-5-7-9-11-13-14-15-17-19-21-25(36)23-28(38)35-26(27(37)22-20-18-16-12-10-8-6-4-2)24-46-48(44,45)47-34-32(42)30(40)29(39)31(41)33(34)43/h10,12,20,22,25-27,29-34,36-37,39-43H,3-9,11,13-19,21,23-24H2,1-2H3,(H,35,38)(H,44,45)/b12-10+,22-20+. The Balaban J connectivity index is 2.71. The van der Waals surface area contributed by atoms with Gasteiger partial charge in [0.25, 0.3) is 0 Å². The Morgan fingerprint density at radius 3 is 1.81 bits per heavy atom. The van der Waals surface area contributed by atoms with Gasteiger partial charge < -0.3 is 46.0 Å². The highest BCUT2D eigenvalue weighted by Crippen LogP contribution is 2.47. The summed E-state index contributed by atoms with van der Waals surface area (Å²) >= 11 is 0. The number of carbonyl (C=O) groups excluding carboxylic acids is 1. The molecule has 48 heavy (non-hydrogen) atoms. The summed E-state index contributed by atoms with van der Waals surface area (Å²) in [5.74, 6) is -0.610. The summed E-state index contributed by atoms with van der Waals surface area (Å²) in [5, 5.41) is 73.6. The van der Waals surface area contributed by atoms with Crippen LogP contribution in [0.3, 0.4) is 0 Å². The molecule has 0 aromatic heterocycles. The van der Waals surface area contributed by atoms with E-state index in [1.54, 1.807) is 6.08 Å². The molecular formula is C34H64NO12P. The van der Waals surface area contributed by atoms with Gasteiger partial charge in [0.15, 0.2) is 0 Å². The van der Waals surface area contributed by atoms with Crippen LogP contribution in [0.4, 0.5) is 0 Å². The van der Waals surface area contributed by atoms with Crippen LogP contribution in [0.25, 0.3) is 0 Å². The molecule has 13 nitrogen and oxygen atoms in total. The largest absolute Gasteiger partial charge is 0.472 e. The highest BCUT2D eigenvalue weighted by atomic mass is 31.2.